The van der Waals surface area contributed by atoms with E-state index in [1.54, 1.807) is 0 Å². The summed E-state index contributed by atoms with van der Waals surface area (Å²) in [6.07, 6.45) is -3.92. The molecule has 0 aliphatic carbocycles. The van der Waals surface area contributed by atoms with Gasteiger partial charge < -0.3 is 0 Å². The van der Waals surface area contributed by atoms with E-state index < -0.39 is 30.9 Å². The Morgan fingerprint density at radius 3 is 1.67 bits per heavy atom. The molecule has 74 valence electrons. The first kappa shape index (κ1) is 11.6. The molecule has 0 saturated heterocycles. The fourth-order valence-electron chi connectivity index (χ4n) is 0.926. The Kier molecular flexibility index (Phi) is 3.47. The molecule has 0 aromatic heterocycles. The highest BCUT2D eigenvalue weighted by Crippen LogP contribution is 2.44. The van der Waals surface area contributed by atoms with Crippen molar-refractivity contribution in [1.82, 2.24) is 0 Å². The quantitative estimate of drug-likeness (QED) is 0.597. The summed E-state index contributed by atoms with van der Waals surface area (Å²) in [6, 6.07) is 0. The largest absolute Gasteiger partial charge is 0.258 e. The Morgan fingerprint density at radius 1 is 1.25 bits per heavy atom. The molecule has 0 fully saturated rings. The van der Waals surface area contributed by atoms with Gasteiger partial charge in [-0.2, -0.15) is 0 Å². The number of alkyl halides is 5. The lowest BCUT2D eigenvalue weighted by molar-refractivity contribution is -0.185. The molecule has 0 heterocycles. The molecule has 1 atom stereocenters. The number of rotatable bonds is 4. The topological polar surface area (TPSA) is 0 Å². The molecule has 0 spiro atoms. The zero-order chi connectivity index (χ0) is 9.99. The molecule has 0 radical (unpaired) electrons. The minimum absolute atomic E-state index is 0.322. The van der Waals surface area contributed by atoms with Crippen LogP contribution in [0.5, 0.6) is 0 Å². The second-order valence-electron chi connectivity index (χ2n) is 2.83. The molecule has 0 bridgehead atoms. The van der Waals surface area contributed by atoms with Crippen molar-refractivity contribution < 1.29 is 22.0 Å². The first-order valence-electron chi connectivity index (χ1n) is 3.53. The number of hydrogen-bond acceptors (Lipinski definition) is 0. The molecule has 0 aliphatic rings. The highest BCUT2D eigenvalue weighted by Gasteiger charge is 2.55. The molecule has 1 unspecified atom stereocenters. The smallest absolute Gasteiger partial charge is 0.250 e. The van der Waals surface area contributed by atoms with Crippen LogP contribution in [0, 0.1) is 5.41 Å². The van der Waals surface area contributed by atoms with Crippen molar-refractivity contribution in [2.45, 2.75) is 32.6 Å². The van der Waals surface area contributed by atoms with Crippen LogP contribution in [0.1, 0.15) is 20.3 Å². The minimum Gasteiger partial charge on any atom is -0.250 e. The Bertz CT molecular complexity index is 133. The van der Waals surface area contributed by atoms with Crippen LogP contribution in [-0.4, -0.2) is 19.0 Å². The van der Waals surface area contributed by atoms with Gasteiger partial charge in [-0.3, -0.25) is 4.39 Å². The second-order valence-corrected chi connectivity index (χ2v) is 2.83. The van der Waals surface area contributed by atoms with E-state index in [0.29, 0.717) is 6.92 Å². The zero-order valence-electron chi connectivity index (χ0n) is 6.88. The molecule has 0 nitrogen and oxygen atoms in total. The van der Waals surface area contributed by atoms with Gasteiger partial charge in [-0.25, -0.2) is 17.6 Å². The molecule has 0 aromatic carbocycles. The Balaban J connectivity index is 4.83. The van der Waals surface area contributed by atoms with Gasteiger partial charge in [0.05, 0.1) is 0 Å². The maximum atomic E-state index is 12.6. The van der Waals surface area contributed by atoms with Gasteiger partial charge in [0, 0.05) is 6.92 Å². The van der Waals surface area contributed by atoms with Crippen molar-refractivity contribution in [3.8, 4) is 0 Å². The monoisotopic (exact) mass is 190 g/mol. The Morgan fingerprint density at radius 2 is 1.67 bits per heavy atom. The summed E-state index contributed by atoms with van der Waals surface area (Å²) in [5, 5.41) is 0. The van der Waals surface area contributed by atoms with Gasteiger partial charge in [-0.1, -0.05) is 6.92 Å². The van der Waals surface area contributed by atoms with Crippen molar-refractivity contribution in [3.05, 3.63) is 0 Å². The number of hydrogen-bond donors (Lipinski definition) is 0. The molecule has 0 rings (SSSR count). The summed E-state index contributed by atoms with van der Waals surface area (Å²) in [5.41, 5.74) is -2.81. The lowest BCUT2D eigenvalue weighted by Crippen LogP contribution is -2.46. The van der Waals surface area contributed by atoms with Gasteiger partial charge in [0.2, 0.25) is 0 Å². The Hall–Kier alpha value is -0.350. The van der Waals surface area contributed by atoms with Gasteiger partial charge in [0.1, 0.15) is 12.1 Å². The van der Waals surface area contributed by atoms with Gasteiger partial charge in [-0.15, -0.1) is 0 Å². The molecule has 5 heteroatoms. The summed E-state index contributed by atoms with van der Waals surface area (Å²) in [5.74, 6) is -3.69. The predicted octanol–water partition coefficient (Wildman–Crippen LogP) is 3.27. The normalized spacial score (nSPS) is 18.0. The minimum atomic E-state index is -3.69. The van der Waals surface area contributed by atoms with Gasteiger partial charge in [0.25, 0.3) is 12.3 Å². The third-order valence-electron chi connectivity index (χ3n) is 2.16. The van der Waals surface area contributed by atoms with Crippen LogP contribution in [0.4, 0.5) is 22.0 Å². The lowest BCUT2D eigenvalue weighted by atomic mass is 9.81. The first-order chi connectivity index (χ1) is 5.31. The lowest BCUT2D eigenvalue weighted by Gasteiger charge is -2.34. The van der Waals surface area contributed by atoms with Crippen LogP contribution < -0.4 is 0 Å². The summed E-state index contributed by atoms with van der Waals surface area (Å²) >= 11 is 0. The van der Waals surface area contributed by atoms with Crippen molar-refractivity contribution in [2.24, 2.45) is 5.41 Å². The van der Waals surface area contributed by atoms with Gasteiger partial charge >= 0.3 is 0 Å². The fraction of sp³-hybridized carbons (Fsp3) is 1.00. The third-order valence-corrected chi connectivity index (χ3v) is 2.16. The van der Waals surface area contributed by atoms with Crippen LogP contribution in [0.2, 0.25) is 0 Å². The van der Waals surface area contributed by atoms with E-state index >= 15 is 0 Å². The zero-order valence-corrected chi connectivity index (χ0v) is 6.88. The van der Waals surface area contributed by atoms with Crippen LogP contribution in [0.3, 0.4) is 0 Å². The van der Waals surface area contributed by atoms with E-state index in [0.717, 1.165) is 6.92 Å². The van der Waals surface area contributed by atoms with E-state index in [2.05, 4.69) is 0 Å². The molecular formula is C7H11F5. The van der Waals surface area contributed by atoms with Crippen LogP contribution in [-0.2, 0) is 0 Å². The van der Waals surface area contributed by atoms with Crippen LogP contribution in [0.25, 0.3) is 0 Å². The first-order valence-corrected chi connectivity index (χ1v) is 3.53. The van der Waals surface area contributed by atoms with Crippen molar-refractivity contribution in [3.63, 3.8) is 0 Å². The summed E-state index contributed by atoms with van der Waals surface area (Å²) < 4.78 is 61.5. The Labute approximate surface area is 67.8 Å². The van der Waals surface area contributed by atoms with E-state index in [1.165, 1.54) is 0 Å². The van der Waals surface area contributed by atoms with E-state index in [1.807, 2.05) is 0 Å². The van der Waals surface area contributed by atoms with E-state index in [4.69, 9.17) is 0 Å². The fourth-order valence-corrected chi connectivity index (χ4v) is 0.926. The van der Waals surface area contributed by atoms with Crippen LogP contribution in [0.15, 0.2) is 0 Å². The molecule has 0 saturated carbocycles. The second kappa shape index (κ2) is 3.58. The van der Waals surface area contributed by atoms with E-state index in [9.17, 15) is 22.0 Å². The van der Waals surface area contributed by atoms with Crippen LogP contribution >= 0.6 is 0 Å². The molecule has 0 N–H and O–H groups in total. The summed E-state index contributed by atoms with van der Waals surface area (Å²) in [7, 11) is 0. The summed E-state index contributed by atoms with van der Waals surface area (Å²) in [6.45, 7) is -0.254. The highest BCUT2D eigenvalue weighted by atomic mass is 19.3. The molecule has 12 heavy (non-hydrogen) atoms. The molecule has 0 aromatic rings. The average Bonchev–Trinajstić information content (AvgIpc) is 1.87. The maximum absolute atomic E-state index is 12.6. The van der Waals surface area contributed by atoms with Crippen molar-refractivity contribution in [2.75, 3.05) is 6.67 Å². The third kappa shape index (κ3) is 1.69. The van der Waals surface area contributed by atoms with Crippen molar-refractivity contribution in [1.29, 1.82) is 0 Å². The van der Waals surface area contributed by atoms with E-state index in [-0.39, 0.29) is 0 Å². The highest BCUT2D eigenvalue weighted by molar-refractivity contribution is 4.90. The molecular weight excluding hydrogens is 179 g/mol. The summed E-state index contributed by atoms with van der Waals surface area (Å²) in [4.78, 5) is 0. The number of halogens is 5. The maximum Gasteiger partial charge on any atom is 0.258 e. The van der Waals surface area contributed by atoms with Crippen molar-refractivity contribution >= 4 is 0 Å². The SMILES string of the molecule is CCC(CF)(C(F)F)C(C)(F)F. The van der Waals surface area contributed by atoms with Gasteiger partial charge in [0.15, 0.2) is 0 Å². The average molecular weight is 190 g/mol. The molecule has 0 aliphatic heterocycles. The van der Waals surface area contributed by atoms with Gasteiger partial charge in [-0.05, 0) is 6.42 Å². The predicted molar refractivity (Wildman–Crippen MR) is 35.3 cm³/mol. The standard InChI is InChI=1S/C7H11F5/c1-3-7(4-8,5(9)10)6(2,11)12/h5H,3-4H2,1-2H3. The molecule has 0 amide bonds.